The molecular formula is C19H19NO3. The fourth-order valence-corrected chi connectivity index (χ4v) is 2.92. The second-order valence-corrected chi connectivity index (χ2v) is 5.80. The highest BCUT2D eigenvalue weighted by Gasteiger charge is 2.29. The van der Waals surface area contributed by atoms with Gasteiger partial charge in [-0.1, -0.05) is 48.5 Å². The van der Waals surface area contributed by atoms with E-state index in [1.54, 1.807) is 6.92 Å². The summed E-state index contributed by atoms with van der Waals surface area (Å²) in [6, 6.07) is 15.8. The van der Waals surface area contributed by atoms with Crippen LogP contribution in [0.15, 0.2) is 48.5 Å². The summed E-state index contributed by atoms with van der Waals surface area (Å²) in [6.45, 7) is 3.34. The summed E-state index contributed by atoms with van der Waals surface area (Å²) in [5, 5.41) is 2.54. The number of alkyl carbamates (subject to hydrolysis) is 1. The average Bonchev–Trinajstić information content (AvgIpc) is 2.87. The number of benzene rings is 2. The Labute approximate surface area is 135 Å². The van der Waals surface area contributed by atoms with Crippen molar-refractivity contribution in [1.82, 2.24) is 5.32 Å². The summed E-state index contributed by atoms with van der Waals surface area (Å²) in [6.07, 6.45) is -0.561. The summed E-state index contributed by atoms with van der Waals surface area (Å²) in [4.78, 5) is 23.0. The van der Waals surface area contributed by atoms with Gasteiger partial charge in [0.15, 0.2) is 5.78 Å². The summed E-state index contributed by atoms with van der Waals surface area (Å²) in [5.74, 6) is -0.0701. The standard InChI is InChI=1S/C19H19NO3/c1-12(13(2)21)20-19(22)23-11-18-16-9-5-3-7-14(16)15-8-4-6-10-17(15)18/h3-10,12,18H,11H2,1-2H3,(H,20,22). The third-order valence-electron chi connectivity index (χ3n) is 4.29. The lowest BCUT2D eigenvalue weighted by atomic mass is 9.98. The molecule has 4 heteroatoms. The van der Waals surface area contributed by atoms with Gasteiger partial charge in [0.2, 0.25) is 0 Å². The Bertz CT molecular complexity index is 708. The van der Waals surface area contributed by atoms with E-state index in [1.807, 2.05) is 24.3 Å². The van der Waals surface area contributed by atoms with Gasteiger partial charge in [-0.15, -0.1) is 0 Å². The Morgan fingerprint density at radius 1 is 1.04 bits per heavy atom. The summed E-state index contributed by atoms with van der Waals surface area (Å²) < 4.78 is 5.36. The molecule has 23 heavy (non-hydrogen) atoms. The lowest BCUT2D eigenvalue weighted by Crippen LogP contribution is -2.38. The number of carbonyl (C=O) groups excluding carboxylic acids is 2. The zero-order valence-corrected chi connectivity index (χ0v) is 13.2. The molecule has 0 saturated heterocycles. The van der Waals surface area contributed by atoms with Gasteiger partial charge < -0.3 is 10.1 Å². The molecule has 1 atom stereocenters. The highest BCUT2D eigenvalue weighted by atomic mass is 16.5. The van der Waals surface area contributed by atoms with Crippen molar-refractivity contribution in [3.63, 3.8) is 0 Å². The van der Waals surface area contributed by atoms with Crippen LogP contribution in [0.2, 0.25) is 0 Å². The van der Waals surface area contributed by atoms with Crippen LogP contribution in [0, 0.1) is 0 Å². The molecular weight excluding hydrogens is 290 g/mol. The van der Waals surface area contributed by atoms with E-state index >= 15 is 0 Å². The molecule has 2 aromatic carbocycles. The Kier molecular flexibility index (Phi) is 4.15. The second-order valence-electron chi connectivity index (χ2n) is 5.80. The van der Waals surface area contributed by atoms with Gasteiger partial charge in [-0.05, 0) is 36.1 Å². The maximum atomic E-state index is 11.9. The molecule has 118 valence electrons. The van der Waals surface area contributed by atoms with Crippen molar-refractivity contribution in [2.24, 2.45) is 0 Å². The molecule has 0 aliphatic heterocycles. The van der Waals surface area contributed by atoms with Gasteiger partial charge in [0, 0.05) is 5.92 Å². The average molecular weight is 309 g/mol. The molecule has 1 unspecified atom stereocenters. The minimum atomic E-state index is -0.561. The molecule has 2 aromatic rings. The third-order valence-corrected chi connectivity index (χ3v) is 4.29. The fourth-order valence-electron chi connectivity index (χ4n) is 2.92. The van der Waals surface area contributed by atoms with Crippen LogP contribution in [0.1, 0.15) is 30.9 Å². The van der Waals surface area contributed by atoms with Gasteiger partial charge in [-0.3, -0.25) is 4.79 Å². The molecule has 1 aliphatic carbocycles. The number of ether oxygens (including phenoxy) is 1. The van der Waals surface area contributed by atoms with Crippen LogP contribution in [0.25, 0.3) is 11.1 Å². The largest absolute Gasteiger partial charge is 0.449 e. The van der Waals surface area contributed by atoms with E-state index in [9.17, 15) is 9.59 Å². The van der Waals surface area contributed by atoms with Gasteiger partial charge in [-0.25, -0.2) is 4.79 Å². The lowest BCUT2D eigenvalue weighted by molar-refractivity contribution is -0.118. The minimum Gasteiger partial charge on any atom is -0.449 e. The van der Waals surface area contributed by atoms with E-state index in [4.69, 9.17) is 4.74 Å². The van der Waals surface area contributed by atoms with Crippen molar-refractivity contribution in [2.75, 3.05) is 6.61 Å². The van der Waals surface area contributed by atoms with Gasteiger partial charge >= 0.3 is 6.09 Å². The predicted octanol–water partition coefficient (Wildman–Crippen LogP) is 3.50. The zero-order chi connectivity index (χ0) is 16.4. The van der Waals surface area contributed by atoms with Crippen molar-refractivity contribution in [2.45, 2.75) is 25.8 Å². The smallest absolute Gasteiger partial charge is 0.407 e. The predicted molar refractivity (Wildman–Crippen MR) is 88.3 cm³/mol. The Morgan fingerprint density at radius 3 is 2.09 bits per heavy atom. The van der Waals surface area contributed by atoms with E-state index < -0.39 is 12.1 Å². The first-order valence-corrected chi connectivity index (χ1v) is 7.70. The highest BCUT2D eigenvalue weighted by molar-refractivity contribution is 5.85. The molecule has 0 fully saturated rings. The van der Waals surface area contributed by atoms with E-state index in [-0.39, 0.29) is 18.3 Å². The van der Waals surface area contributed by atoms with Crippen LogP contribution in [-0.2, 0) is 9.53 Å². The Hall–Kier alpha value is -2.62. The highest BCUT2D eigenvalue weighted by Crippen LogP contribution is 2.44. The van der Waals surface area contributed by atoms with Crippen LogP contribution in [-0.4, -0.2) is 24.5 Å². The quantitative estimate of drug-likeness (QED) is 0.940. The van der Waals surface area contributed by atoms with Crippen LogP contribution < -0.4 is 5.32 Å². The number of hydrogen-bond donors (Lipinski definition) is 1. The van der Waals surface area contributed by atoms with Crippen molar-refractivity contribution in [1.29, 1.82) is 0 Å². The molecule has 1 amide bonds. The molecule has 4 nitrogen and oxygen atoms in total. The van der Waals surface area contributed by atoms with Crippen molar-refractivity contribution in [3.8, 4) is 11.1 Å². The van der Waals surface area contributed by atoms with Crippen LogP contribution in [0.3, 0.4) is 0 Å². The zero-order valence-electron chi connectivity index (χ0n) is 13.2. The summed E-state index contributed by atoms with van der Waals surface area (Å²) in [5.41, 5.74) is 4.71. The molecule has 1 N–H and O–H groups in total. The summed E-state index contributed by atoms with van der Waals surface area (Å²) >= 11 is 0. The molecule has 0 radical (unpaired) electrons. The molecule has 0 bridgehead atoms. The van der Waals surface area contributed by atoms with Crippen molar-refractivity contribution >= 4 is 11.9 Å². The molecule has 0 spiro atoms. The molecule has 3 rings (SSSR count). The third kappa shape index (κ3) is 2.97. The topological polar surface area (TPSA) is 55.4 Å². The normalized spacial score (nSPS) is 13.8. The first-order chi connectivity index (χ1) is 11.1. The lowest BCUT2D eigenvalue weighted by Gasteiger charge is -2.16. The number of fused-ring (bicyclic) bond motifs is 3. The van der Waals surface area contributed by atoms with Gasteiger partial charge in [-0.2, -0.15) is 0 Å². The number of ketones is 1. The maximum absolute atomic E-state index is 11.9. The number of carbonyl (C=O) groups is 2. The molecule has 0 heterocycles. The summed E-state index contributed by atoms with van der Waals surface area (Å²) in [7, 11) is 0. The minimum absolute atomic E-state index is 0.0285. The van der Waals surface area contributed by atoms with Crippen LogP contribution in [0.5, 0.6) is 0 Å². The van der Waals surface area contributed by atoms with E-state index in [0.29, 0.717) is 0 Å². The van der Waals surface area contributed by atoms with Crippen LogP contribution >= 0.6 is 0 Å². The van der Waals surface area contributed by atoms with Crippen LogP contribution in [0.4, 0.5) is 4.79 Å². The number of nitrogens with one attached hydrogen (secondary N) is 1. The molecule has 0 aromatic heterocycles. The number of amides is 1. The monoisotopic (exact) mass is 309 g/mol. The number of Topliss-reactive ketones (excluding diaryl/α,β-unsaturated/α-hetero) is 1. The van der Waals surface area contributed by atoms with Gasteiger partial charge in [0.1, 0.15) is 6.61 Å². The van der Waals surface area contributed by atoms with E-state index in [2.05, 4.69) is 29.6 Å². The first-order valence-electron chi connectivity index (χ1n) is 7.70. The molecule has 0 saturated carbocycles. The van der Waals surface area contributed by atoms with E-state index in [0.717, 1.165) is 0 Å². The number of rotatable bonds is 4. The van der Waals surface area contributed by atoms with Crippen molar-refractivity contribution < 1.29 is 14.3 Å². The second kappa shape index (κ2) is 6.24. The van der Waals surface area contributed by atoms with E-state index in [1.165, 1.54) is 29.2 Å². The molecule has 1 aliphatic rings. The Morgan fingerprint density at radius 2 is 1.57 bits per heavy atom. The maximum Gasteiger partial charge on any atom is 0.407 e. The SMILES string of the molecule is CC(=O)C(C)NC(=O)OCC1c2ccccc2-c2ccccc21. The first kappa shape index (κ1) is 15.3. The Balaban J connectivity index is 1.76. The van der Waals surface area contributed by atoms with Gasteiger partial charge in [0.05, 0.1) is 6.04 Å². The number of hydrogen-bond acceptors (Lipinski definition) is 3. The van der Waals surface area contributed by atoms with Gasteiger partial charge in [0.25, 0.3) is 0 Å². The fraction of sp³-hybridized carbons (Fsp3) is 0.263. The van der Waals surface area contributed by atoms with Crippen molar-refractivity contribution in [3.05, 3.63) is 59.7 Å².